The summed E-state index contributed by atoms with van der Waals surface area (Å²) in [7, 11) is 1.55. The van der Waals surface area contributed by atoms with E-state index in [2.05, 4.69) is 15.6 Å². The van der Waals surface area contributed by atoms with Gasteiger partial charge in [-0.25, -0.2) is 0 Å². The SMILES string of the molecule is COc1cc[nH]c1/C=C1\C(=O)Nc2ccc(NC(=O)Cc3cccs3)c(/C=C\CCC(=O)O)c21. The fourth-order valence-corrected chi connectivity index (χ4v) is 4.42. The van der Waals surface area contributed by atoms with Crippen LogP contribution in [-0.4, -0.2) is 35.0 Å². The first kappa shape index (κ1) is 23.1. The smallest absolute Gasteiger partial charge is 0.303 e. The van der Waals surface area contributed by atoms with Crippen molar-refractivity contribution < 1.29 is 24.2 Å². The maximum Gasteiger partial charge on any atom is 0.303 e. The molecule has 1 aliphatic rings. The molecule has 8 nitrogen and oxygen atoms in total. The molecule has 0 radical (unpaired) electrons. The summed E-state index contributed by atoms with van der Waals surface area (Å²) in [5, 5.41) is 16.7. The molecule has 1 aliphatic heterocycles. The number of nitrogens with one attached hydrogen (secondary N) is 3. The Morgan fingerprint density at radius 3 is 2.82 bits per heavy atom. The van der Waals surface area contributed by atoms with Gasteiger partial charge in [0.15, 0.2) is 0 Å². The average molecular weight is 478 g/mol. The highest BCUT2D eigenvalue weighted by Gasteiger charge is 2.28. The molecular formula is C25H23N3O5S. The van der Waals surface area contributed by atoms with Crippen molar-refractivity contribution in [2.45, 2.75) is 19.3 Å². The van der Waals surface area contributed by atoms with Crippen molar-refractivity contribution >= 4 is 58.2 Å². The number of carboxylic acids is 1. The summed E-state index contributed by atoms with van der Waals surface area (Å²) in [6, 6.07) is 9.03. The van der Waals surface area contributed by atoms with Crippen LogP contribution < -0.4 is 15.4 Å². The van der Waals surface area contributed by atoms with E-state index in [0.29, 0.717) is 45.9 Å². The summed E-state index contributed by atoms with van der Waals surface area (Å²) in [5.74, 6) is -0.776. The Kier molecular flexibility index (Phi) is 6.93. The molecule has 3 aromatic rings. The molecule has 0 spiro atoms. The van der Waals surface area contributed by atoms with Gasteiger partial charge < -0.3 is 25.5 Å². The second kappa shape index (κ2) is 10.2. The van der Waals surface area contributed by atoms with Crippen molar-refractivity contribution in [2.75, 3.05) is 17.7 Å². The number of rotatable bonds is 9. The molecule has 0 bridgehead atoms. The number of carbonyl (C=O) groups is 3. The van der Waals surface area contributed by atoms with Crippen molar-refractivity contribution in [3.63, 3.8) is 0 Å². The molecule has 0 unspecified atom stereocenters. The lowest BCUT2D eigenvalue weighted by Gasteiger charge is -2.13. The Hall–Kier alpha value is -4.11. The van der Waals surface area contributed by atoms with Crippen molar-refractivity contribution in [1.82, 2.24) is 4.98 Å². The third kappa shape index (κ3) is 5.10. The van der Waals surface area contributed by atoms with E-state index in [1.54, 1.807) is 49.7 Å². The Bertz CT molecular complexity index is 1290. The van der Waals surface area contributed by atoms with Gasteiger partial charge in [-0.3, -0.25) is 14.4 Å². The van der Waals surface area contributed by atoms with Crippen molar-refractivity contribution in [2.24, 2.45) is 0 Å². The zero-order valence-electron chi connectivity index (χ0n) is 18.4. The van der Waals surface area contributed by atoms with Crippen LogP contribution in [0.4, 0.5) is 11.4 Å². The number of carboxylic acid groups (broad SMARTS) is 1. The Labute approximate surface area is 200 Å². The van der Waals surface area contributed by atoms with E-state index in [4.69, 9.17) is 9.84 Å². The number of anilines is 2. The molecule has 1 aromatic carbocycles. The normalized spacial score (nSPS) is 13.8. The number of amides is 2. The second-order valence-electron chi connectivity index (χ2n) is 7.56. The average Bonchev–Trinajstić information content (AvgIpc) is 3.53. The number of allylic oxidation sites excluding steroid dienone is 1. The Balaban J connectivity index is 1.74. The Morgan fingerprint density at radius 1 is 1.24 bits per heavy atom. The number of methoxy groups -OCH3 is 1. The van der Waals surface area contributed by atoms with Gasteiger partial charge in [-0.1, -0.05) is 18.2 Å². The lowest BCUT2D eigenvalue weighted by atomic mass is 9.96. The summed E-state index contributed by atoms with van der Waals surface area (Å²) >= 11 is 1.50. The fourth-order valence-electron chi connectivity index (χ4n) is 3.71. The van der Waals surface area contributed by atoms with Gasteiger partial charge in [0.2, 0.25) is 5.91 Å². The summed E-state index contributed by atoms with van der Waals surface area (Å²) in [4.78, 5) is 40.5. The van der Waals surface area contributed by atoms with Crippen LogP contribution in [0.1, 0.15) is 34.5 Å². The molecule has 4 N–H and O–H groups in total. The molecule has 0 aliphatic carbocycles. The van der Waals surface area contributed by atoms with Crippen molar-refractivity contribution in [3.8, 4) is 5.75 Å². The number of hydrogen-bond donors (Lipinski definition) is 4. The van der Waals surface area contributed by atoms with Gasteiger partial charge >= 0.3 is 5.97 Å². The van der Waals surface area contributed by atoms with Crippen LogP contribution in [0.5, 0.6) is 5.75 Å². The fraction of sp³-hybridized carbons (Fsp3) is 0.160. The maximum atomic E-state index is 12.9. The number of ether oxygens (including phenoxy) is 1. The molecule has 3 heterocycles. The van der Waals surface area contributed by atoms with E-state index < -0.39 is 5.97 Å². The number of fused-ring (bicyclic) bond motifs is 1. The number of hydrogen-bond acceptors (Lipinski definition) is 5. The largest absolute Gasteiger partial charge is 0.495 e. The van der Waals surface area contributed by atoms with Crippen LogP contribution in [0, 0.1) is 0 Å². The van der Waals surface area contributed by atoms with Crippen LogP contribution >= 0.6 is 11.3 Å². The quantitative estimate of drug-likeness (QED) is 0.335. The van der Waals surface area contributed by atoms with Crippen molar-refractivity contribution in [3.05, 3.63) is 69.7 Å². The van der Waals surface area contributed by atoms with Gasteiger partial charge in [-0.2, -0.15) is 0 Å². The second-order valence-corrected chi connectivity index (χ2v) is 8.59. The van der Waals surface area contributed by atoms with Crippen LogP contribution in [0.25, 0.3) is 17.7 Å². The zero-order chi connectivity index (χ0) is 24.1. The number of aliphatic carboxylic acids is 1. The number of benzene rings is 1. The number of carbonyl (C=O) groups excluding carboxylic acids is 2. The summed E-state index contributed by atoms with van der Waals surface area (Å²) in [6.07, 6.45) is 7.42. The number of thiophene rings is 1. The lowest BCUT2D eigenvalue weighted by molar-refractivity contribution is -0.136. The van der Waals surface area contributed by atoms with Crippen LogP contribution in [-0.2, 0) is 20.8 Å². The molecule has 2 amide bonds. The minimum atomic E-state index is -0.899. The predicted octanol–water partition coefficient (Wildman–Crippen LogP) is 4.64. The zero-order valence-corrected chi connectivity index (χ0v) is 19.2. The van der Waals surface area contributed by atoms with Crippen LogP contribution in [0.3, 0.4) is 0 Å². The maximum absolute atomic E-state index is 12.9. The molecule has 0 atom stereocenters. The predicted molar refractivity (Wildman–Crippen MR) is 133 cm³/mol. The molecule has 4 rings (SSSR count). The van der Waals surface area contributed by atoms with E-state index in [9.17, 15) is 14.4 Å². The first-order chi connectivity index (χ1) is 16.5. The minimum Gasteiger partial charge on any atom is -0.495 e. The minimum absolute atomic E-state index is 0.0227. The topological polar surface area (TPSA) is 121 Å². The Morgan fingerprint density at radius 2 is 2.09 bits per heavy atom. The number of aromatic nitrogens is 1. The first-order valence-corrected chi connectivity index (χ1v) is 11.5. The molecule has 9 heteroatoms. The molecule has 0 saturated heterocycles. The van der Waals surface area contributed by atoms with Gasteiger partial charge in [0.1, 0.15) is 5.75 Å². The summed E-state index contributed by atoms with van der Waals surface area (Å²) in [6.45, 7) is 0. The lowest BCUT2D eigenvalue weighted by Crippen LogP contribution is -2.15. The van der Waals surface area contributed by atoms with Gasteiger partial charge in [0.25, 0.3) is 5.91 Å². The first-order valence-electron chi connectivity index (χ1n) is 10.6. The molecule has 0 saturated carbocycles. The third-order valence-electron chi connectivity index (χ3n) is 5.25. The third-order valence-corrected chi connectivity index (χ3v) is 6.13. The molecule has 0 fully saturated rings. The van der Waals surface area contributed by atoms with E-state index >= 15 is 0 Å². The van der Waals surface area contributed by atoms with Crippen molar-refractivity contribution in [1.29, 1.82) is 0 Å². The van der Waals surface area contributed by atoms with Crippen LogP contribution in [0.15, 0.2) is 48.0 Å². The highest BCUT2D eigenvalue weighted by atomic mass is 32.1. The summed E-state index contributed by atoms with van der Waals surface area (Å²) in [5.41, 5.74) is 3.43. The number of H-pyrrole nitrogens is 1. The highest BCUT2D eigenvalue weighted by Crippen LogP contribution is 2.40. The highest BCUT2D eigenvalue weighted by molar-refractivity contribution is 7.10. The molecule has 34 heavy (non-hydrogen) atoms. The molecular weight excluding hydrogens is 454 g/mol. The number of aromatic amines is 1. The molecule has 174 valence electrons. The van der Waals surface area contributed by atoms with E-state index in [-0.39, 0.29) is 24.7 Å². The van der Waals surface area contributed by atoms with E-state index in [0.717, 1.165) is 4.88 Å². The molecule has 2 aromatic heterocycles. The van der Waals surface area contributed by atoms with Gasteiger partial charge in [-0.05, 0) is 42.1 Å². The van der Waals surface area contributed by atoms with Gasteiger partial charge in [-0.15, -0.1) is 11.3 Å². The van der Waals surface area contributed by atoms with E-state index in [1.165, 1.54) is 11.3 Å². The van der Waals surface area contributed by atoms with Gasteiger partial charge in [0, 0.05) is 40.0 Å². The van der Waals surface area contributed by atoms with Crippen LogP contribution in [0.2, 0.25) is 0 Å². The monoisotopic (exact) mass is 477 g/mol. The standard InChI is InChI=1S/C25H23N3O5S/c1-33-21-10-11-26-20(21)14-17-24-16(6-2-3-7-23(30)31)18(8-9-19(24)28-25(17)32)27-22(29)13-15-5-4-12-34-15/h2,4-6,8-12,14,26H,3,7,13H2,1H3,(H,27,29)(H,28,32)(H,30,31)/b6-2-,17-14-. The van der Waals surface area contributed by atoms with E-state index in [1.807, 2.05) is 17.5 Å². The van der Waals surface area contributed by atoms with Gasteiger partial charge in [0.05, 0.1) is 24.8 Å². The summed E-state index contributed by atoms with van der Waals surface area (Å²) < 4.78 is 5.34.